The summed E-state index contributed by atoms with van der Waals surface area (Å²) in [5, 5.41) is 0. The standard InChI is InChI=1S/C13H21N3O/c1-9(2)17-12-6-11(7-15-8-12)13(16-14)5-10-3-4-10/h6-10,13,16H,3-5,14H2,1-2H3. The van der Waals surface area contributed by atoms with E-state index < -0.39 is 0 Å². The number of nitrogens with two attached hydrogens (primary N) is 1. The largest absolute Gasteiger partial charge is 0.489 e. The summed E-state index contributed by atoms with van der Waals surface area (Å²) in [7, 11) is 0. The molecule has 1 heterocycles. The molecule has 1 unspecified atom stereocenters. The van der Waals surface area contributed by atoms with Crippen molar-refractivity contribution in [2.75, 3.05) is 0 Å². The minimum Gasteiger partial charge on any atom is -0.489 e. The van der Waals surface area contributed by atoms with E-state index in [9.17, 15) is 0 Å². The minimum atomic E-state index is 0.166. The number of hydrogen-bond acceptors (Lipinski definition) is 4. The van der Waals surface area contributed by atoms with E-state index in [4.69, 9.17) is 10.6 Å². The van der Waals surface area contributed by atoms with Gasteiger partial charge in [-0.2, -0.15) is 0 Å². The zero-order valence-corrected chi connectivity index (χ0v) is 10.5. The van der Waals surface area contributed by atoms with Gasteiger partial charge in [-0.3, -0.25) is 16.3 Å². The molecule has 1 aliphatic rings. The minimum absolute atomic E-state index is 0.166. The maximum absolute atomic E-state index is 5.64. The normalized spacial score (nSPS) is 17.2. The van der Waals surface area contributed by atoms with Gasteiger partial charge in [0.15, 0.2) is 0 Å². The quantitative estimate of drug-likeness (QED) is 0.586. The molecule has 0 spiro atoms. The Balaban J connectivity index is 2.06. The molecule has 0 radical (unpaired) electrons. The number of hydrogen-bond donors (Lipinski definition) is 2. The lowest BCUT2D eigenvalue weighted by Gasteiger charge is -2.17. The zero-order chi connectivity index (χ0) is 12.3. The highest BCUT2D eigenvalue weighted by molar-refractivity contribution is 5.26. The molecule has 17 heavy (non-hydrogen) atoms. The second kappa shape index (κ2) is 5.47. The second-order valence-electron chi connectivity index (χ2n) is 5.02. The van der Waals surface area contributed by atoms with Crippen molar-refractivity contribution in [1.29, 1.82) is 0 Å². The summed E-state index contributed by atoms with van der Waals surface area (Å²) in [6.07, 6.45) is 7.51. The van der Waals surface area contributed by atoms with E-state index >= 15 is 0 Å². The fourth-order valence-corrected chi connectivity index (χ4v) is 1.95. The molecule has 1 aromatic rings. The molecule has 4 heteroatoms. The summed E-state index contributed by atoms with van der Waals surface area (Å²) in [6, 6.07) is 2.21. The fourth-order valence-electron chi connectivity index (χ4n) is 1.95. The number of nitrogens with zero attached hydrogens (tertiary/aromatic N) is 1. The van der Waals surface area contributed by atoms with Crippen LogP contribution in [-0.4, -0.2) is 11.1 Å². The van der Waals surface area contributed by atoms with Gasteiger partial charge in [-0.1, -0.05) is 12.8 Å². The van der Waals surface area contributed by atoms with Crippen molar-refractivity contribution in [1.82, 2.24) is 10.4 Å². The highest BCUT2D eigenvalue weighted by Gasteiger charge is 2.26. The molecule has 0 aromatic carbocycles. The van der Waals surface area contributed by atoms with Gasteiger partial charge in [0.25, 0.3) is 0 Å². The van der Waals surface area contributed by atoms with E-state index in [0.717, 1.165) is 23.7 Å². The first-order valence-electron chi connectivity index (χ1n) is 6.26. The Kier molecular flexibility index (Phi) is 3.97. The number of hydrazine groups is 1. The van der Waals surface area contributed by atoms with Crippen molar-refractivity contribution in [3.8, 4) is 5.75 Å². The van der Waals surface area contributed by atoms with Gasteiger partial charge in [0.05, 0.1) is 12.3 Å². The van der Waals surface area contributed by atoms with Crippen molar-refractivity contribution < 1.29 is 4.74 Å². The third-order valence-corrected chi connectivity index (χ3v) is 2.98. The first-order valence-corrected chi connectivity index (χ1v) is 6.26. The monoisotopic (exact) mass is 235 g/mol. The Morgan fingerprint density at radius 1 is 1.47 bits per heavy atom. The lowest BCUT2D eigenvalue weighted by molar-refractivity contribution is 0.241. The van der Waals surface area contributed by atoms with E-state index in [0.29, 0.717) is 0 Å². The summed E-state index contributed by atoms with van der Waals surface area (Å²) in [6.45, 7) is 4.02. The van der Waals surface area contributed by atoms with E-state index in [1.807, 2.05) is 26.1 Å². The van der Waals surface area contributed by atoms with Crippen molar-refractivity contribution in [2.24, 2.45) is 11.8 Å². The van der Waals surface area contributed by atoms with Gasteiger partial charge >= 0.3 is 0 Å². The second-order valence-corrected chi connectivity index (χ2v) is 5.02. The first kappa shape index (κ1) is 12.3. The van der Waals surface area contributed by atoms with Crippen LogP contribution in [0.4, 0.5) is 0 Å². The molecule has 0 saturated heterocycles. The van der Waals surface area contributed by atoms with Crippen LogP contribution in [0.3, 0.4) is 0 Å². The molecule has 1 fully saturated rings. The highest BCUT2D eigenvalue weighted by Crippen LogP contribution is 2.37. The van der Waals surface area contributed by atoms with Gasteiger partial charge in [-0.05, 0) is 37.8 Å². The number of nitrogens with one attached hydrogen (secondary N) is 1. The molecule has 0 bridgehead atoms. The van der Waals surface area contributed by atoms with Crippen molar-refractivity contribution in [2.45, 2.75) is 45.3 Å². The van der Waals surface area contributed by atoms with Crippen LogP contribution >= 0.6 is 0 Å². The van der Waals surface area contributed by atoms with E-state index in [2.05, 4.69) is 10.4 Å². The molecular formula is C13H21N3O. The fraction of sp³-hybridized carbons (Fsp3) is 0.615. The molecule has 4 nitrogen and oxygen atoms in total. The van der Waals surface area contributed by atoms with Crippen LogP contribution in [0.2, 0.25) is 0 Å². The average Bonchev–Trinajstić information content (AvgIpc) is 3.09. The smallest absolute Gasteiger partial charge is 0.138 e. The van der Waals surface area contributed by atoms with E-state index in [1.54, 1.807) is 6.20 Å². The van der Waals surface area contributed by atoms with Gasteiger partial charge < -0.3 is 4.74 Å². The first-order chi connectivity index (χ1) is 8.19. The zero-order valence-electron chi connectivity index (χ0n) is 10.5. The summed E-state index contributed by atoms with van der Waals surface area (Å²) >= 11 is 0. The molecule has 3 N–H and O–H groups in total. The highest BCUT2D eigenvalue weighted by atomic mass is 16.5. The summed E-state index contributed by atoms with van der Waals surface area (Å²) in [4.78, 5) is 4.21. The van der Waals surface area contributed by atoms with Crippen LogP contribution in [0, 0.1) is 5.92 Å². The number of rotatable bonds is 6. The Hall–Kier alpha value is -1.13. The molecule has 1 atom stereocenters. The maximum atomic E-state index is 5.64. The van der Waals surface area contributed by atoms with Crippen LogP contribution in [0.25, 0.3) is 0 Å². The predicted octanol–water partition coefficient (Wildman–Crippen LogP) is 2.17. The number of aromatic nitrogens is 1. The topological polar surface area (TPSA) is 60.2 Å². The lowest BCUT2D eigenvalue weighted by atomic mass is 10.0. The lowest BCUT2D eigenvalue weighted by Crippen LogP contribution is -2.28. The van der Waals surface area contributed by atoms with Crippen LogP contribution in [0.1, 0.15) is 44.7 Å². The van der Waals surface area contributed by atoms with Gasteiger partial charge in [-0.15, -0.1) is 0 Å². The van der Waals surface area contributed by atoms with Gasteiger partial charge in [0.1, 0.15) is 5.75 Å². The molecule has 0 aliphatic heterocycles. The Morgan fingerprint density at radius 2 is 2.24 bits per heavy atom. The van der Waals surface area contributed by atoms with Gasteiger partial charge in [0.2, 0.25) is 0 Å². The van der Waals surface area contributed by atoms with Gasteiger partial charge in [0, 0.05) is 12.2 Å². The molecule has 1 aromatic heterocycles. The van der Waals surface area contributed by atoms with Crippen LogP contribution in [0.15, 0.2) is 18.5 Å². The third-order valence-electron chi connectivity index (χ3n) is 2.98. The number of pyridine rings is 1. The van der Waals surface area contributed by atoms with Crippen LogP contribution in [-0.2, 0) is 0 Å². The Morgan fingerprint density at radius 3 is 2.82 bits per heavy atom. The number of ether oxygens (including phenoxy) is 1. The summed E-state index contributed by atoms with van der Waals surface area (Å²) < 4.78 is 5.64. The molecule has 94 valence electrons. The van der Waals surface area contributed by atoms with Crippen molar-refractivity contribution >= 4 is 0 Å². The van der Waals surface area contributed by atoms with Gasteiger partial charge in [-0.25, -0.2) is 0 Å². The molecule has 1 aliphatic carbocycles. The molecular weight excluding hydrogens is 214 g/mol. The molecule has 2 rings (SSSR count). The Bertz CT molecular complexity index is 363. The SMILES string of the molecule is CC(C)Oc1cncc(C(CC2CC2)NN)c1. The van der Waals surface area contributed by atoms with E-state index in [-0.39, 0.29) is 12.1 Å². The van der Waals surface area contributed by atoms with Crippen LogP contribution in [0.5, 0.6) is 5.75 Å². The average molecular weight is 235 g/mol. The molecule has 1 saturated carbocycles. The predicted molar refractivity (Wildman–Crippen MR) is 67.4 cm³/mol. The Labute approximate surface area is 103 Å². The van der Waals surface area contributed by atoms with E-state index in [1.165, 1.54) is 12.8 Å². The third kappa shape index (κ3) is 3.68. The summed E-state index contributed by atoms with van der Waals surface area (Å²) in [5.41, 5.74) is 3.98. The molecule has 0 amide bonds. The van der Waals surface area contributed by atoms with Crippen molar-refractivity contribution in [3.63, 3.8) is 0 Å². The van der Waals surface area contributed by atoms with Crippen molar-refractivity contribution in [3.05, 3.63) is 24.0 Å². The maximum Gasteiger partial charge on any atom is 0.138 e. The summed E-state index contributed by atoms with van der Waals surface area (Å²) in [5.74, 6) is 7.25. The van der Waals surface area contributed by atoms with Crippen LogP contribution < -0.4 is 16.0 Å².